The minimum Gasteiger partial charge on any atom is -0.344 e. The molecule has 0 saturated carbocycles. The number of nitrogens with zero attached hydrogens (tertiary/aromatic N) is 3. The van der Waals surface area contributed by atoms with Gasteiger partial charge < -0.3 is 5.32 Å². The standard InChI is InChI=1S/C11H12F6N4OS/c12-10(13,14)8-2-1-6(18-9(22)11(15,16)17)3-21(8)4-7-5-23-20-19-7/h5-6,8H,1-4H2,(H,18,22)/t6-,8+/m1/s1. The average Bonchev–Trinajstić information content (AvgIpc) is 2.89. The number of rotatable bonds is 3. The molecule has 0 aromatic carbocycles. The highest BCUT2D eigenvalue weighted by Gasteiger charge is 2.47. The largest absolute Gasteiger partial charge is 0.471 e. The first kappa shape index (κ1) is 17.9. The zero-order valence-electron chi connectivity index (χ0n) is 11.5. The molecular weight excluding hydrogens is 350 g/mol. The third-order valence-corrected chi connectivity index (χ3v) is 3.98. The lowest BCUT2D eigenvalue weighted by Crippen LogP contribution is -2.57. The van der Waals surface area contributed by atoms with Crippen LogP contribution in [0.1, 0.15) is 18.5 Å². The first-order chi connectivity index (χ1) is 10.6. The van der Waals surface area contributed by atoms with E-state index in [2.05, 4.69) is 9.59 Å². The second kappa shape index (κ2) is 6.59. The van der Waals surface area contributed by atoms with E-state index in [0.717, 1.165) is 16.4 Å². The molecule has 0 spiro atoms. The first-order valence-corrected chi connectivity index (χ1v) is 7.35. The number of likely N-dealkylation sites (tertiary alicyclic amines) is 1. The third-order valence-electron chi connectivity index (χ3n) is 3.42. The number of hydrogen-bond donors (Lipinski definition) is 1. The van der Waals surface area contributed by atoms with Gasteiger partial charge in [0, 0.05) is 24.5 Å². The normalized spacial score (nSPS) is 23.7. The van der Waals surface area contributed by atoms with E-state index in [1.807, 2.05) is 0 Å². The Balaban J connectivity index is 2.07. The Hall–Kier alpha value is -1.43. The Kier molecular flexibility index (Phi) is 5.14. The van der Waals surface area contributed by atoms with Crippen LogP contribution in [0.2, 0.25) is 0 Å². The monoisotopic (exact) mass is 362 g/mol. The van der Waals surface area contributed by atoms with Gasteiger partial charge in [-0.1, -0.05) is 4.49 Å². The van der Waals surface area contributed by atoms with Gasteiger partial charge in [0.1, 0.15) is 6.04 Å². The van der Waals surface area contributed by atoms with Crippen molar-refractivity contribution in [1.82, 2.24) is 19.8 Å². The van der Waals surface area contributed by atoms with E-state index in [1.54, 1.807) is 5.32 Å². The molecule has 23 heavy (non-hydrogen) atoms. The minimum absolute atomic E-state index is 0.183. The van der Waals surface area contributed by atoms with Crippen LogP contribution in [0.3, 0.4) is 0 Å². The number of carbonyl (C=O) groups excluding carboxylic acids is 1. The van der Waals surface area contributed by atoms with Crippen molar-refractivity contribution in [2.24, 2.45) is 0 Å². The molecule has 2 atom stereocenters. The van der Waals surface area contributed by atoms with Gasteiger partial charge in [-0.15, -0.1) is 5.10 Å². The molecule has 0 aliphatic carbocycles. The van der Waals surface area contributed by atoms with Crippen LogP contribution in [-0.4, -0.2) is 51.4 Å². The Morgan fingerprint density at radius 2 is 2.00 bits per heavy atom. The highest BCUT2D eigenvalue weighted by molar-refractivity contribution is 7.03. The number of alkyl halides is 6. The molecule has 1 N–H and O–H groups in total. The van der Waals surface area contributed by atoms with Gasteiger partial charge in [0.2, 0.25) is 0 Å². The molecular formula is C11H12F6N4OS. The van der Waals surface area contributed by atoms with Gasteiger partial charge in [0.25, 0.3) is 0 Å². The van der Waals surface area contributed by atoms with Gasteiger partial charge in [-0.25, -0.2) is 0 Å². The molecule has 1 amide bonds. The lowest BCUT2D eigenvalue weighted by atomic mass is 9.97. The summed E-state index contributed by atoms with van der Waals surface area (Å²) in [5.74, 6) is -2.15. The van der Waals surface area contributed by atoms with Crippen LogP contribution in [-0.2, 0) is 11.3 Å². The number of aromatic nitrogens is 2. The average molecular weight is 362 g/mol. The topological polar surface area (TPSA) is 58.1 Å². The quantitative estimate of drug-likeness (QED) is 0.837. The predicted molar refractivity (Wildman–Crippen MR) is 67.4 cm³/mol. The molecule has 12 heteroatoms. The van der Waals surface area contributed by atoms with Crippen LogP contribution >= 0.6 is 11.5 Å². The number of halogens is 6. The van der Waals surface area contributed by atoms with Crippen molar-refractivity contribution in [2.75, 3.05) is 6.54 Å². The zero-order chi connectivity index (χ0) is 17.3. The summed E-state index contributed by atoms with van der Waals surface area (Å²) in [6.07, 6.45) is -10.2. The molecule has 2 rings (SSSR count). The number of hydrogen-bond acceptors (Lipinski definition) is 5. The summed E-state index contributed by atoms with van der Waals surface area (Å²) in [7, 11) is 0. The van der Waals surface area contributed by atoms with Crippen LogP contribution in [0.25, 0.3) is 0 Å². The highest BCUT2D eigenvalue weighted by atomic mass is 32.1. The van der Waals surface area contributed by atoms with Crippen molar-refractivity contribution in [2.45, 2.75) is 43.8 Å². The van der Waals surface area contributed by atoms with Gasteiger partial charge in [-0.05, 0) is 24.4 Å². The Labute approximate surface area is 130 Å². The summed E-state index contributed by atoms with van der Waals surface area (Å²) < 4.78 is 79.5. The van der Waals surface area contributed by atoms with Crippen LogP contribution in [0.15, 0.2) is 5.38 Å². The van der Waals surface area contributed by atoms with Crippen LogP contribution in [0, 0.1) is 0 Å². The molecule has 1 aliphatic heterocycles. The summed E-state index contributed by atoms with van der Waals surface area (Å²) in [4.78, 5) is 11.9. The molecule has 1 aromatic heterocycles. The summed E-state index contributed by atoms with van der Waals surface area (Å²) in [5, 5.41) is 6.84. The van der Waals surface area contributed by atoms with Gasteiger partial charge in [-0.2, -0.15) is 26.3 Å². The number of nitrogens with one attached hydrogen (secondary N) is 1. The smallest absolute Gasteiger partial charge is 0.344 e. The van der Waals surface area contributed by atoms with Crippen LogP contribution in [0.4, 0.5) is 26.3 Å². The second-order valence-electron chi connectivity index (χ2n) is 5.13. The lowest BCUT2D eigenvalue weighted by molar-refractivity contribution is -0.196. The molecule has 5 nitrogen and oxygen atoms in total. The molecule has 0 bridgehead atoms. The Bertz CT molecular complexity index is 532. The maximum absolute atomic E-state index is 13.1. The molecule has 1 saturated heterocycles. The molecule has 0 radical (unpaired) electrons. The Morgan fingerprint density at radius 1 is 1.30 bits per heavy atom. The lowest BCUT2D eigenvalue weighted by Gasteiger charge is -2.40. The predicted octanol–water partition coefficient (Wildman–Crippen LogP) is 2.11. The second-order valence-corrected chi connectivity index (χ2v) is 5.74. The van der Waals surface area contributed by atoms with Crippen LogP contribution in [0.5, 0.6) is 0 Å². The summed E-state index contributed by atoms with van der Waals surface area (Å²) in [6.45, 7) is -0.539. The highest BCUT2D eigenvalue weighted by Crippen LogP contribution is 2.33. The van der Waals surface area contributed by atoms with E-state index < -0.39 is 36.8 Å². The maximum Gasteiger partial charge on any atom is 0.471 e. The maximum atomic E-state index is 13.1. The van der Waals surface area contributed by atoms with Gasteiger partial charge in [0.05, 0.1) is 5.69 Å². The Morgan fingerprint density at radius 3 is 2.52 bits per heavy atom. The van der Waals surface area contributed by atoms with Crippen LogP contribution < -0.4 is 5.32 Å². The van der Waals surface area contributed by atoms with Crippen molar-refractivity contribution >= 4 is 17.4 Å². The summed E-state index contributed by atoms with van der Waals surface area (Å²) in [6, 6.07) is -2.79. The van der Waals surface area contributed by atoms with E-state index in [1.165, 1.54) is 5.38 Å². The van der Waals surface area contributed by atoms with E-state index in [0.29, 0.717) is 5.69 Å². The van der Waals surface area contributed by atoms with Crippen molar-refractivity contribution in [3.63, 3.8) is 0 Å². The van der Waals surface area contributed by atoms with Gasteiger partial charge in [-0.3, -0.25) is 9.69 Å². The molecule has 0 unspecified atom stereocenters. The minimum atomic E-state index is -5.06. The SMILES string of the molecule is O=C(N[C@@H]1CC[C@@H](C(F)(F)F)N(Cc2csnn2)C1)C(F)(F)F. The molecule has 130 valence electrons. The molecule has 1 aromatic rings. The van der Waals surface area contributed by atoms with Crippen molar-refractivity contribution in [3.8, 4) is 0 Å². The summed E-state index contributed by atoms with van der Waals surface area (Å²) >= 11 is 0.964. The molecule has 1 aliphatic rings. The fourth-order valence-corrected chi connectivity index (χ4v) is 2.88. The zero-order valence-corrected chi connectivity index (χ0v) is 12.3. The summed E-state index contributed by atoms with van der Waals surface area (Å²) in [5.41, 5.74) is 0.298. The van der Waals surface area contributed by atoms with Gasteiger partial charge in [0.15, 0.2) is 0 Å². The van der Waals surface area contributed by atoms with Crippen molar-refractivity contribution < 1.29 is 31.1 Å². The number of piperidine rings is 1. The van der Waals surface area contributed by atoms with E-state index in [-0.39, 0.29) is 19.5 Å². The third kappa shape index (κ3) is 4.77. The van der Waals surface area contributed by atoms with E-state index in [9.17, 15) is 31.1 Å². The fraction of sp³-hybridized carbons (Fsp3) is 0.727. The molecule has 2 heterocycles. The van der Waals surface area contributed by atoms with E-state index in [4.69, 9.17) is 0 Å². The van der Waals surface area contributed by atoms with E-state index >= 15 is 0 Å². The van der Waals surface area contributed by atoms with Crippen molar-refractivity contribution in [3.05, 3.63) is 11.1 Å². The number of amides is 1. The molecule has 1 fully saturated rings. The van der Waals surface area contributed by atoms with Crippen molar-refractivity contribution in [1.29, 1.82) is 0 Å². The van der Waals surface area contributed by atoms with Gasteiger partial charge >= 0.3 is 18.3 Å². The first-order valence-electron chi connectivity index (χ1n) is 6.51. The number of carbonyl (C=O) groups is 1. The fourth-order valence-electron chi connectivity index (χ4n) is 2.43.